The zero-order valence-corrected chi connectivity index (χ0v) is 15.0. The van der Waals surface area contributed by atoms with E-state index in [1.165, 1.54) is 11.3 Å². The molecule has 3 rings (SSSR count). The van der Waals surface area contributed by atoms with Crippen molar-refractivity contribution in [1.82, 2.24) is 20.2 Å². The van der Waals surface area contributed by atoms with E-state index < -0.39 is 18.0 Å². The van der Waals surface area contributed by atoms with Crippen molar-refractivity contribution in [2.24, 2.45) is 5.92 Å². The lowest BCUT2D eigenvalue weighted by Gasteiger charge is -2.31. The van der Waals surface area contributed by atoms with Crippen LogP contribution in [0.1, 0.15) is 17.8 Å². The van der Waals surface area contributed by atoms with E-state index in [0.29, 0.717) is 0 Å². The van der Waals surface area contributed by atoms with Crippen molar-refractivity contribution in [3.05, 3.63) is 34.9 Å². The Hall–Kier alpha value is -2.49. The Morgan fingerprint density at radius 3 is 2.67 bits per heavy atom. The number of pyridine rings is 1. The van der Waals surface area contributed by atoms with Gasteiger partial charge in [0.2, 0.25) is 5.91 Å². The molecule has 0 atom stereocenters. The van der Waals surface area contributed by atoms with Crippen LogP contribution in [0.2, 0.25) is 0 Å². The number of alkyl halides is 3. The molecule has 0 radical (unpaired) electrons. The van der Waals surface area contributed by atoms with Crippen molar-refractivity contribution < 1.29 is 22.8 Å². The molecule has 10 heteroatoms. The van der Waals surface area contributed by atoms with Crippen LogP contribution >= 0.6 is 11.3 Å². The molecule has 3 heterocycles. The van der Waals surface area contributed by atoms with Crippen LogP contribution in [-0.2, 0) is 16.1 Å². The minimum absolute atomic E-state index is 0.0706. The van der Waals surface area contributed by atoms with Crippen molar-refractivity contribution in [3.8, 4) is 11.3 Å². The number of hydrogen-bond donors (Lipinski definition) is 1. The Balaban J connectivity index is 1.48. The van der Waals surface area contributed by atoms with E-state index >= 15 is 0 Å². The maximum Gasteiger partial charge on any atom is 0.471 e. The van der Waals surface area contributed by atoms with Gasteiger partial charge in [0.05, 0.1) is 12.2 Å². The molecule has 2 aromatic heterocycles. The van der Waals surface area contributed by atoms with Gasteiger partial charge in [0.1, 0.15) is 5.01 Å². The molecule has 1 aliphatic rings. The first-order chi connectivity index (χ1) is 12.8. The van der Waals surface area contributed by atoms with Gasteiger partial charge in [-0.05, 0) is 25.0 Å². The molecule has 0 bridgehead atoms. The number of piperidine rings is 1. The quantitative estimate of drug-likeness (QED) is 0.859. The summed E-state index contributed by atoms with van der Waals surface area (Å²) in [7, 11) is 0. The monoisotopic (exact) mass is 398 g/mol. The molecular formula is C17H17F3N4O2S. The maximum absolute atomic E-state index is 12.4. The van der Waals surface area contributed by atoms with E-state index in [4.69, 9.17) is 0 Å². The van der Waals surface area contributed by atoms with Crippen molar-refractivity contribution in [1.29, 1.82) is 0 Å². The highest BCUT2D eigenvalue weighted by Gasteiger charge is 2.43. The number of nitrogens with zero attached hydrogens (tertiary/aromatic N) is 3. The third-order valence-corrected chi connectivity index (χ3v) is 5.17. The second kappa shape index (κ2) is 8.03. The molecule has 27 heavy (non-hydrogen) atoms. The standard InChI is InChI=1S/C17H17F3N4O2S/c18-17(19,20)16(26)24-6-3-11(4-7-24)15(25)22-9-14-23-13(10-27-14)12-2-1-5-21-8-12/h1-2,5,8,10-11H,3-4,6-7,9H2,(H,22,25). The van der Waals surface area contributed by atoms with E-state index in [-0.39, 0.29) is 38.4 Å². The van der Waals surface area contributed by atoms with Gasteiger partial charge < -0.3 is 10.2 Å². The van der Waals surface area contributed by atoms with Gasteiger partial charge in [-0.15, -0.1) is 11.3 Å². The Kier molecular flexibility index (Phi) is 5.73. The summed E-state index contributed by atoms with van der Waals surface area (Å²) < 4.78 is 37.3. The lowest BCUT2D eigenvalue weighted by Crippen LogP contribution is -2.47. The lowest BCUT2D eigenvalue weighted by molar-refractivity contribution is -0.186. The van der Waals surface area contributed by atoms with E-state index in [1.807, 2.05) is 17.5 Å². The molecule has 6 nitrogen and oxygen atoms in total. The van der Waals surface area contributed by atoms with Crippen LogP contribution in [0.15, 0.2) is 29.9 Å². The Bertz CT molecular complexity index is 802. The molecule has 0 spiro atoms. The number of carbonyl (C=O) groups excluding carboxylic acids is 2. The molecule has 1 saturated heterocycles. The summed E-state index contributed by atoms with van der Waals surface area (Å²) in [6, 6.07) is 3.70. The summed E-state index contributed by atoms with van der Waals surface area (Å²) in [4.78, 5) is 32.7. The van der Waals surface area contributed by atoms with E-state index in [0.717, 1.165) is 21.2 Å². The normalized spacial score (nSPS) is 15.6. The number of carbonyl (C=O) groups is 2. The predicted molar refractivity (Wildman–Crippen MR) is 92.6 cm³/mol. The number of aromatic nitrogens is 2. The molecule has 2 aromatic rings. The van der Waals surface area contributed by atoms with Crippen LogP contribution in [0.4, 0.5) is 13.2 Å². The lowest BCUT2D eigenvalue weighted by atomic mass is 9.96. The van der Waals surface area contributed by atoms with Gasteiger partial charge in [0.15, 0.2) is 0 Å². The fraction of sp³-hybridized carbons (Fsp3) is 0.412. The summed E-state index contributed by atoms with van der Waals surface area (Å²) in [6.45, 7) is 0.114. The molecule has 1 aliphatic heterocycles. The van der Waals surface area contributed by atoms with Crippen LogP contribution in [0.5, 0.6) is 0 Å². The number of amides is 2. The molecule has 1 N–H and O–H groups in total. The minimum atomic E-state index is -4.87. The summed E-state index contributed by atoms with van der Waals surface area (Å²) in [5, 5.41) is 5.38. The molecule has 0 unspecified atom stereocenters. The van der Waals surface area contributed by atoms with Crippen molar-refractivity contribution in [2.45, 2.75) is 25.6 Å². The number of rotatable bonds is 4. The predicted octanol–water partition coefficient (Wildman–Crippen LogP) is 2.62. The molecule has 144 valence electrons. The van der Waals surface area contributed by atoms with Crippen LogP contribution in [0.3, 0.4) is 0 Å². The molecule has 1 fully saturated rings. The van der Waals surface area contributed by atoms with E-state index in [9.17, 15) is 22.8 Å². The number of thiazole rings is 1. The number of nitrogens with one attached hydrogen (secondary N) is 1. The Morgan fingerprint density at radius 2 is 2.04 bits per heavy atom. The first-order valence-corrected chi connectivity index (χ1v) is 9.21. The minimum Gasteiger partial charge on any atom is -0.349 e. The van der Waals surface area contributed by atoms with E-state index in [2.05, 4.69) is 15.3 Å². The summed E-state index contributed by atoms with van der Waals surface area (Å²) in [5.74, 6) is -2.47. The fourth-order valence-electron chi connectivity index (χ4n) is 2.87. The largest absolute Gasteiger partial charge is 0.471 e. The SMILES string of the molecule is O=C(NCc1nc(-c2cccnc2)cs1)C1CCN(C(=O)C(F)(F)F)CC1. The van der Waals surface area contributed by atoms with Gasteiger partial charge in [-0.1, -0.05) is 0 Å². The molecule has 0 saturated carbocycles. The van der Waals surface area contributed by atoms with E-state index in [1.54, 1.807) is 12.4 Å². The third-order valence-electron chi connectivity index (χ3n) is 4.32. The van der Waals surface area contributed by atoms with Crippen molar-refractivity contribution in [2.75, 3.05) is 13.1 Å². The highest BCUT2D eigenvalue weighted by Crippen LogP contribution is 2.24. The van der Waals surface area contributed by atoms with Crippen LogP contribution < -0.4 is 5.32 Å². The average Bonchev–Trinajstić information content (AvgIpc) is 3.15. The first kappa shape index (κ1) is 19.3. The highest BCUT2D eigenvalue weighted by molar-refractivity contribution is 7.09. The molecule has 0 aromatic carbocycles. The second-order valence-corrected chi connectivity index (χ2v) is 7.09. The van der Waals surface area contributed by atoms with Crippen LogP contribution in [0.25, 0.3) is 11.3 Å². The number of hydrogen-bond acceptors (Lipinski definition) is 5. The molecule has 0 aliphatic carbocycles. The van der Waals surface area contributed by atoms with Gasteiger partial charge in [0.25, 0.3) is 0 Å². The second-order valence-electron chi connectivity index (χ2n) is 6.15. The topological polar surface area (TPSA) is 75.2 Å². The summed E-state index contributed by atoms with van der Waals surface area (Å²) >= 11 is 1.41. The maximum atomic E-state index is 12.4. The van der Waals surface area contributed by atoms with Gasteiger partial charge >= 0.3 is 12.1 Å². The Labute approximate surface area is 157 Å². The van der Waals surface area contributed by atoms with Crippen molar-refractivity contribution in [3.63, 3.8) is 0 Å². The van der Waals surface area contributed by atoms with Gasteiger partial charge in [-0.2, -0.15) is 13.2 Å². The third kappa shape index (κ3) is 4.82. The van der Waals surface area contributed by atoms with Gasteiger partial charge in [0, 0.05) is 42.3 Å². The molecule has 2 amide bonds. The van der Waals surface area contributed by atoms with Crippen LogP contribution in [0, 0.1) is 5.92 Å². The highest BCUT2D eigenvalue weighted by atomic mass is 32.1. The number of halogens is 3. The van der Waals surface area contributed by atoms with Crippen LogP contribution in [-0.4, -0.2) is 45.9 Å². The summed E-state index contributed by atoms with van der Waals surface area (Å²) in [5.41, 5.74) is 1.66. The van der Waals surface area contributed by atoms with Gasteiger partial charge in [-0.25, -0.2) is 4.98 Å². The fourth-order valence-corrected chi connectivity index (χ4v) is 3.61. The smallest absolute Gasteiger partial charge is 0.349 e. The molecular weight excluding hydrogens is 381 g/mol. The zero-order chi connectivity index (χ0) is 19.4. The van der Waals surface area contributed by atoms with Gasteiger partial charge in [-0.3, -0.25) is 14.6 Å². The van der Waals surface area contributed by atoms with Crippen molar-refractivity contribution >= 4 is 23.2 Å². The zero-order valence-electron chi connectivity index (χ0n) is 14.2. The average molecular weight is 398 g/mol. The first-order valence-electron chi connectivity index (χ1n) is 8.33. The number of likely N-dealkylation sites (tertiary alicyclic amines) is 1. The Morgan fingerprint density at radius 1 is 1.30 bits per heavy atom. The summed E-state index contributed by atoms with van der Waals surface area (Å²) in [6.07, 6.45) is -1.07.